The van der Waals surface area contributed by atoms with Crippen molar-refractivity contribution >= 4 is 11.4 Å². The minimum atomic E-state index is -0.482. The summed E-state index contributed by atoms with van der Waals surface area (Å²) in [6.45, 7) is 0.741. The lowest BCUT2D eigenvalue weighted by Crippen LogP contribution is -2.53. The number of allylic oxidation sites excluding steroid dienone is 4. The van der Waals surface area contributed by atoms with E-state index in [0.29, 0.717) is 5.69 Å². The Hall–Kier alpha value is -3.68. The molecular formula is C24H24N6O. The summed E-state index contributed by atoms with van der Waals surface area (Å²) in [5.41, 5.74) is 11.1. The van der Waals surface area contributed by atoms with Gasteiger partial charge in [0.25, 0.3) is 5.91 Å². The van der Waals surface area contributed by atoms with Gasteiger partial charge in [0.2, 0.25) is 0 Å². The van der Waals surface area contributed by atoms with Gasteiger partial charge in [0, 0.05) is 12.2 Å². The molecule has 0 spiro atoms. The van der Waals surface area contributed by atoms with Crippen molar-refractivity contribution in [3.05, 3.63) is 107 Å². The Morgan fingerprint density at radius 3 is 2.87 bits per heavy atom. The molecule has 7 nitrogen and oxygen atoms in total. The van der Waals surface area contributed by atoms with Gasteiger partial charge in [-0.3, -0.25) is 19.8 Å². The number of pyridine rings is 1. The number of nitrogens with two attached hydrogens (primary N) is 1. The molecule has 0 bridgehead atoms. The minimum absolute atomic E-state index is 0.0371. The third kappa shape index (κ3) is 3.76. The molecule has 2 atom stereocenters. The van der Waals surface area contributed by atoms with Crippen molar-refractivity contribution in [1.82, 2.24) is 25.3 Å². The van der Waals surface area contributed by atoms with E-state index in [0.717, 1.165) is 29.9 Å². The Balaban J connectivity index is 1.48. The quantitative estimate of drug-likeness (QED) is 0.516. The molecule has 31 heavy (non-hydrogen) atoms. The number of amides is 1. The SMILES string of the molecule is NC(=O)c1cccc2c(C3NC4=C(CC=CC=C4)C(NCc4ccccc4)N3)ncn12. The van der Waals surface area contributed by atoms with Gasteiger partial charge in [-0.1, -0.05) is 54.6 Å². The summed E-state index contributed by atoms with van der Waals surface area (Å²) in [7, 11) is 0. The molecule has 0 fully saturated rings. The maximum atomic E-state index is 11.8. The number of imidazole rings is 1. The van der Waals surface area contributed by atoms with Gasteiger partial charge in [-0.15, -0.1) is 0 Å². The van der Waals surface area contributed by atoms with Gasteiger partial charge >= 0.3 is 0 Å². The van der Waals surface area contributed by atoms with Crippen molar-refractivity contribution in [3.8, 4) is 0 Å². The van der Waals surface area contributed by atoms with Crippen LogP contribution in [0.1, 0.15) is 34.3 Å². The summed E-state index contributed by atoms with van der Waals surface area (Å²) in [6, 6.07) is 15.8. The number of benzene rings is 1. The third-order valence-corrected chi connectivity index (χ3v) is 5.66. The number of nitrogens with zero attached hydrogens (tertiary/aromatic N) is 2. The number of rotatable bonds is 5. The van der Waals surface area contributed by atoms with Crippen LogP contribution in [0.5, 0.6) is 0 Å². The highest BCUT2D eigenvalue weighted by Gasteiger charge is 2.30. The zero-order valence-electron chi connectivity index (χ0n) is 17.0. The van der Waals surface area contributed by atoms with Gasteiger partial charge in [-0.05, 0) is 35.8 Å². The van der Waals surface area contributed by atoms with E-state index in [2.05, 4.69) is 51.3 Å². The first-order valence-electron chi connectivity index (χ1n) is 10.3. The van der Waals surface area contributed by atoms with Crippen LogP contribution < -0.4 is 21.7 Å². The minimum Gasteiger partial charge on any atom is -0.365 e. The van der Waals surface area contributed by atoms with Crippen molar-refractivity contribution in [1.29, 1.82) is 0 Å². The Labute approximate surface area is 180 Å². The van der Waals surface area contributed by atoms with Gasteiger partial charge in [-0.2, -0.15) is 0 Å². The van der Waals surface area contributed by atoms with Gasteiger partial charge in [-0.25, -0.2) is 4.98 Å². The number of fused-ring (bicyclic) bond motifs is 1. The van der Waals surface area contributed by atoms with E-state index in [4.69, 9.17) is 5.73 Å². The fraction of sp³-hybridized carbons (Fsp3) is 0.167. The van der Waals surface area contributed by atoms with Crippen LogP contribution in [0.4, 0.5) is 0 Å². The first-order chi connectivity index (χ1) is 15.2. The Kier molecular flexibility index (Phi) is 5.11. The standard InChI is InChI=1S/C24H24N6O/c25-22(31)20-13-7-12-19-21(27-15-30(19)20)24-28-18-11-6-2-5-10-17(18)23(29-24)26-14-16-8-3-1-4-9-16/h1-9,11-13,15,23-24,26,28-29H,10,14H2,(H2,25,31). The summed E-state index contributed by atoms with van der Waals surface area (Å²) in [6.07, 6.45) is 10.6. The normalized spacial score (nSPS) is 20.4. The zero-order chi connectivity index (χ0) is 21.2. The predicted molar refractivity (Wildman–Crippen MR) is 120 cm³/mol. The fourth-order valence-corrected chi connectivity index (χ4v) is 4.13. The van der Waals surface area contributed by atoms with Crippen LogP contribution in [0.25, 0.3) is 5.52 Å². The maximum absolute atomic E-state index is 11.8. The van der Waals surface area contributed by atoms with Crippen molar-refractivity contribution in [2.24, 2.45) is 5.73 Å². The smallest absolute Gasteiger partial charge is 0.265 e. The Morgan fingerprint density at radius 2 is 2.03 bits per heavy atom. The summed E-state index contributed by atoms with van der Waals surface area (Å²) in [4.78, 5) is 16.4. The van der Waals surface area contributed by atoms with E-state index in [1.165, 1.54) is 11.1 Å². The van der Waals surface area contributed by atoms with E-state index < -0.39 is 5.91 Å². The highest BCUT2D eigenvalue weighted by molar-refractivity contribution is 5.92. The van der Waals surface area contributed by atoms with Crippen molar-refractivity contribution in [3.63, 3.8) is 0 Å². The van der Waals surface area contributed by atoms with Gasteiger partial charge in [0.05, 0.1) is 11.7 Å². The molecule has 5 N–H and O–H groups in total. The number of carbonyl (C=O) groups excluding carboxylic acids is 1. The average Bonchev–Trinajstić information content (AvgIpc) is 3.08. The second-order valence-corrected chi connectivity index (χ2v) is 7.63. The van der Waals surface area contributed by atoms with Crippen LogP contribution in [0.3, 0.4) is 0 Å². The summed E-state index contributed by atoms with van der Waals surface area (Å²) < 4.78 is 1.74. The van der Waals surface area contributed by atoms with Crippen molar-refractivity contribution in [2.75, 3.05) is 0 Å². The molecular weight excluding hydrogens is 388 g/mol. The van der Waals surface area contributed by atoms with Crippen LogP contribution in [-0.4, -0.2) is 21.5 Å². The second-order valence-electron chi connectivity index (χ2n) is 7.63. The second kappa shape index (κ2) is 8.22. The Morgan fingerprint density at radius 1 is 1.16 bits per heavy atom. The monoisotopic (exact) mass is 412 g/mol. The zero-order valence-corrected chi connectivity index (χ0v) is 17.0. The van der Waals surface area contributed by atoms with E-state index in [9.17, 15) is 4.79 Å². The molecule has 156 valence electrons. The number of hydrogen-bond acceptors (Lipinski definition) is 5. The largest absolute Gasteiger partial charge is 0.365 e. The molecule has 0 saturated heterocycles. The molecule has 1 aromatic carbocycles. The number of aromatic nitrogens is 2. The number of primary amides is 1. The van der Waals surface area contributed by atoms with E-state index in [1.807, 2.05) is 36.4 Å². The molecule has 3 heterocycles. The first kappa shape index (κ1) is 19.3. The van der Waals surface area contributed by atoms with Crippen molar-refractivity contribution in [2.45, 2.75) is 25.3 Å². The molecule has 0 radical (unpaired) electrons. The molecule has 1 amide bonds. The van der Waals surface area contributed by atoms with Crippen LogP contribution in [0, 0.1) is 0 Å². The molecule has 2 aromatic heterocycles. The summed E-state index contributed by atoms with van der Waals surface area (Å²) >= 11 is 0. The molecule has 1 aliphatic heterocycles. The molecule has 1 aliphatic carbocycles. The molecule has 0 saturated carbocycles. The van der Waals surface area contributed by atoms with E-state index in [1.54, 1.807) is 16.8 Å². The predicted octanol–water partition coefficient (Wildman–Crippen LogP) is 2.51. The number of nitrogens with one attached hydrogen (secondary N) is 3. The van der Waals surface area contributed by atoms with Crippen LogP contribution in [0.15, 0.2) is 90.4 Å². The van der Waals surface area contributed by atoms with Gasteiger partial charge in [0.15, 0.2) is 0 Å². The summed E-state index contributed by atoms with van der Waals surface area (Å²) in [5.74, 6) is -0.482. The average molecular weight is 412 g/mol. The highest BCUT2D eigenvalue weighted by Crippen LogP contribution is 2.27. The molecule has 5 rings (SSSR count). The van der Waals surface area contributed by atoms with Crippen LogP contribution >= 0.6 is 0 Å². The van der Waals surface area contributed by atoms with Crippen LogP contribution in [0.2, 0.25) is 0 Å². The highest BCUT2D eigenvalue weighted by atomic mass is 16.1. The van der Waals surface area contributed by atoms with E-state index in [-0.39, 0.29) is 12.3 Å². The Bertz CT molecular complexity index is 1210. The lowest BCUT2D eigenvalue weighted by Gasteiger charge is -2.35. The van der Waals surface area contributed by atoms with E-state index >= 15 is 0 Å². The topological polar surface area (TPSA) is 96.5 Å². The van der Waals surface area contributed by atoms with Crippen LogP contribution in [-0.2, 0) is 6.54 Å². The molecule has 3 aromatic rings. The number of carbonyl (C=O) groups is 1. The third-order valence-electron chi connectivity index (χ3n) is 5.66. The fourth-order valence-electron chi connectivity index (χ4n) is 4.13. The molecule has 7 heteroatoms. The maximum Gasteiger partial charge on any atom is 0.265 e. The van der Waals surface area contributed by atoms with Gasteiger partial charge in [0.1, 0.15) is 23.9 Å². The molecule has 2 unspecified atom stereocenters. The molecule has 2 aliphatic rings. The number of hydrogen-bond donors (Lipinski definition) is 4. The summed E-state index contributed by atoms with van der Waals surface area (Å²) in [5, 5.41) is 10.9. The first-order valence-corrected chi connectivity index (χ1v) is 10.3. The van der Waals surface area contributed by atoms with Gasteiger partial charge < -0.3 is 11.1 Å². The lowest BCUT2D eigenvalue weighted by atomic mass is 10.0. The lowest BCUT2D eigenvalue weighted by molar-refractivity contribution is 0.0994. The van der Waals surface area contributed by atoms with Crippen molar-refractivity contribution < 1.29 is 4.79 Å².